The molecule has 1 fully saturated rings. The lowest BCUT2D eigenvalue weighted by atomic mass is 9.78. The van der Waals surface area contributed by atoms with Gasteiger partial charge < -0.3 is 24.2 Å². The second-order valence-corrected chi connectivity index (χ2v) is 8.60. The van der Waals surface area contributed by atoms with Gasteiger partial charge in [-0.3, -0.25) is 9.59 Å². The van der Waals surface area contributed by atoms with Crippen LogP contribution >= 0.6 is 0 Å². The first-order chi connectivity index (χ1) is 14.5. The Hall–Kier alpha value is -3.22. The molecule has 1 saturated heterocycles. The van der Waals surface area contributed by atoms with Gasteiger partial charge in [0.2, 0.25) is 18.6 Å². The fraction of sp³-hybridized carbons (Fsp3) is 0.391. The Morgan fingerprint density at radius 3 is 2.63 bits per heavy atom. The van der Waals surface area contributed by atoms with Crippen LogP contribution in [-0.2, 0) is 16.0 Å². The number of fused-ring (bicyclic) bond motifs is 4. The van der Waals surface area contributed by atoms with Gasteiger partial charge in [0, 0.05) is 32.6 Å². The highest BCUT2D eigenvalue weighted by molar-refractivity contribution is 5.96. The number of benzene rings is 1. The zero-order valence-corrected chi connectivity index (χ0v) is 16.9. The van der Waals surface area contributed by atoms with Crippen LogP contribution in [-0.4, -0.2) is 66.0 Å². The molecular weight excluding hydrogens is 382 g/mol. The molecule has 4 aliphatic heterocycles. The molecule has 7 heteroatoms. The minimum atomic E-state index is -0.498. The second-order valence-electron chi connectivity index (χ2n) is 8.60. The Morgan fingerprint density at radius 1 is 1.03 bits per heavy atom. The molecule has 0 radical (unpaired) electrons. The molecule has 154 valence electrons. The number of carbonyl (C=O) groups is 2. The van der Waals surface area contributed by atoms with E-state index < -0.39 is 6.04 Å². The molecule has 0 saturated carbocycles. The van der Waals surface area contributed by atoms with Crippen LogP contribution in [0.25, 0.3) is 0 Å². The van der Waals surface area contributed by atoms with E-state index in [1.165, 1.54) is 0 Å². The molecule has 4 atom stereocenters. The Morgan fingerprint density at radius 2 is 1.80 bits per heavy atom. The summed E-state index contributed by atoms with van der Waals surface area (Å²) in [5.41, 5.74) is 3.22. The van der Waals surface area contributed by atoms with E-state index in [4.69, 9.17) is 9.47 Å². The maximum atomic E-state index is 13.2. The minimum Gasteiger partial charge on any atom is -0.454 e. The van der Waals surface area contributed by atoms with E-state index in [1.807, 2.05) is 17.0 Å². The van der Waals surface area contributed by atoms with E-state index in [9.17, 15) is 9.59 Å². The van der Waals surface area contributed by atoms with Gasteiger partial charge in [-0.25, -0.2) is 0 Å². The predicted molar refractivity (Wildman–Crippen MR) is 109 cm³/mol. The summed E-state index contributed by atoms with van der Waals surface area (Å²) in [6.45, 7) is 0.305. The highest BCUT2D eigenvalue weighted by Gasteiger charge is 2.50. The molecule has 7 nitrogen and oxygen atoms in total. The highest BCUT2D eigenvalue weighted by atomic mass is 16.7. The molecule has 1 aliphatic carbocycles. The van der Waals surface area contributed by atoms with Crippen LogP contribution in [0.4, 0.5) is 0 Å². The Labute approximate surface area is 174 Å². The number of amides is 2. The number of nitrogens with zero attached hydrogens (tertiary/aromatic N) is 3. The highest BCUT2D eigenvalue weighted by Crippen LogP contribution is 2.49. The molecule has 0 spiro atoms. The van der Waals surface area contributed by atoms with Gasteiger partial charge in [0.05, 0.1) is 18.6 Å². The molecule has 4 heterocycles. The van der Waals surface area contributed by atoms with Crippen molar-refractivity contribution in [2.45, 2.75) is 24.5 Å². The van der Waals surface area contributed by atoms with Crippen LogP contribution in [0.15, 0.2) is 48.2 Å². The fourth-order valence-electron chi connectivity index (χ4n) is 5.50. The van der Waals surface area contributed by atoms with Crippen molar-refractivity contribution in [3.8, 4) is 11.5 Å². The number of hydrogen-bond donors (Lipinski definition) is 0. The number of piperazine rings is 1. The van der Waals surface area contributed by atoms with Gasteiger partial charge in [-0.2, -0.15) is 0 Å². The summed E-state index contributed by atoms with van der Waals surface area (Å²) in [5.74, 6) is 1.54. The summed E-state index contributed by atoms with van der Waals surface area (Å²) in [6, 6.07) is 3.42. The van der Waals surface area contributed by atoms with Gasteiger partial charge in [0.15, 0.2) is 11.5 Å². The van der Waals surface area contributed by atoms with E-state index in [2.05, 4.69) is 42.5 Å². The minimum absolute atomic E-state index is 0.00880. The lowest BCUT2D eigenvalue weighted by Crippen LogP contribution is -2.62. The summed E-state index contributed by atoms with van der Waals surface area (Å²) < 4.78 is 11.2. The Kier molecular flexibility index (Phi) is 3.61. The van der Waals surface area contributed by atoms with Crippen molar-refractivity contribution in [1.29, 1.82) is 0 Å². The van der Waals surface area contributed by atoms with E-state index in [0.717, 1.165) is 16.7 Å². The number of likely N-dealkylation sites (N-methyl/N-ethyl adjacent to an activating group) is 2. The van der Waals surface area contributed by atoms with Crippen molar-refractivity contribution >= 4 is 11.8 Å². The monoisotopic (exact) mass is 405 g/mol. The van der Waals surface area contributed by atoms with Crippen molar-refractivity contribution in [3.05, 3.63) is 59.3 Å². The zero-order chi connectivity index (χ0) is 20.6. The van der Waals surface area contributed by atoms with Crippen LogP contribution < -0.4 is 9.47 Å². The van der Waals surface area contributed by atoms with Gasteiger partial charge in [-0.05, 0) is 28.8 Å². The number of hydrogen-bond acceptors (Lipinski definition) is 5. The average molecular weight is 405 g/mol. The van der Waals surface area contributed by atoms with Gasteiger partial charge in [0.1, 0.15) is 6.04 Å². The first-order valence-corrected chi connectivity index (χ1v) is 10.3. The second kappa shape index (κ2) is 6.14. The van der Waals surface area contributed by atoms with Crippen molar-refractivity contribution in [2.24, 2.45) is 5.92 Å². The zero-order valence-electron chi connectivity index (χ0n) is 16.9. The molecule has 5 aliphatic rings. The third kappa shape index (κ3) is 2.32. The molecule has 2 amide bonds. The number of ether oxygens (including phenoxy) is 2. The average Bonchev–Trinajstić information content (AvgIpc) is 3.33. The topological polar surface area (TPSA) is 62.3 Å². The molecule has 0 aromatic heterocycles. The fourth-order valence-corrected chi connectivity index (χ4v) is 5.50. The van der Waals surface area contributed by atoms with Gasteiger partial charge in [-0.1, -0.05) is 24.3 Å². The third-order valence-corrected chi connectivity index (χ3v) is 6.91. The third-order valence-electron chi connectivity index (χ3n) is 6.91. The molecule has 0 bridgehead atoms. The van der Waals surface area contributed by atoms with Crippen LogP contribution in [0, 0.1) is 5.92 Å². The Balaban J connectivity index is 1.54. The number of allylic oxidation sites excluding steroid dienone is 2. The summed E-state index contributed by atoms with van der Waals surface area (Å²) in [4.78, 5) is 31.9. The van der Waals surface area contributed by atoms with Crippen molar-refractivity contribution in [2.75, 3.05) is 27.4 Å². The summed E-state index contributed by atoms with van der Waals surface area (Å²) >= 11 is 0. The summed E-state index contributed by atoms with van der Waals surface area (Å²) in [7, 11) is 3.76. The van der Waals surface area contributed by atoms with Crippen molar-refractivity contribution in [3.63, 3.8) is 0 Å². The molecule has 0 N–H and O–H groups in total. The van der Waals surface area contributed by atoms with Crippen molar-refractivity contribution < 1.29 is 19.1 Å². The number of carbonyl (C=O) groups excluding carboxylic acids is 2. The standard InChI is InChI=1S/C23H23N3O4/c1-24-10-16(14-5-3-4-6-17(14)24)22-15-9-20-19(29-12-30-20)8-13(15)7-18-23(28)25(2)11-21(27)26(18)22/h3-6,8-10,14,17-18,22H,7,11-12H2,1-2H3/t14?,17?,18-,22-/m0/s1. The molecule has 2 unspecified atom stereocenters. The first kappa shape index (κ1) is 17.6. The smallest absolute Gasteiger partial charge is 0.245 e. The lowest BCUT2D eigenvalue weighted by molar-refractivity contribution is -0.157. The maximum Gasteiger partial charge on any atom is 0.245 e. The van der Waals surface area contributed by atoms with E-state index in [1.54, 1.807) is 11.9 Å². The molecule has 6 rings (SSSR count). The van der Waals surface area contributed by atoms with Gasteiger partial charge >= 0.3 is 0 Å². The number of rotatable bonds is 1. The summed E-state index contributed by atoms with van der Waals surface area (Å²) in [5, 5.41) is 0. The van der Waals surface area contributed by atoms with E-state index in [-0.39, 0.29) is 43.2 Å². The van der Waals surface area contributed by atoms with E-state index >= 15 is 0 Å². The van der Waals surface area contributed by atoms with Crippen LogP contribution in [0.1, 0.15) is 17.2 Å². The predicted octanol–water partition coefficient (Wildman–Crippen LogP) is 1.62. The van der Waals surface area contributed by atoms with Crippen LogP contribution in [0.5, 0.6) is 11.5 Å². The van der Waals surface area contributed by atoms with Crippen LogP contribution in [0.3, 0.4) is 0 Å². The van der Waals surface area contributed by atoms with Crippen LogP contribution in [0.2, 0.25) is 0 Å². The maximum absolute atomic E-state index is 13.2. The largest absolute Gasteiger partial charge is 0.454 e. The molecule has 1 aromatic carbocycles. The molecular formula is C23H23N3O4. The molecule has 1 aromatic rings. The normalized spacial score (nSPS) is 31.0. The van der Waals surface area contributed by atoms with Crippen molar-refractivity contribution in [1.82, 2.24) is 14.7 Å². The Bertz CT molecular complexity index is 1060. The quantitative estimate of drug-likeness (QED) is 0.711. The van der Waals surface area contributed by atoms with E-state index in [0.29, 0.717) is 17.9 Å². The van der Waals surface area contributed by atoms with Gasteiger partial charge in [-0.15, -0.1) is 0 Å². The first-order valence-electron chi connectivity index (χ1n) is 10.3. The molecule has 30 heavy (non-hydrogen) atoms. The summed E-state index contributed by atoms with van der Waals surface area (Å²) in [6.07, 6.45) is 11.1. The van der Waals surface area contributed by atoms with Gasteiger partial charge in [0.25, 0.3) is 0 Å². The lowest BCUT2D eigenvalue weighted by Gasteiger charge is -2.48. The SMILES string of the molecule is CN1CC(=O)N2[C@H](C3=CN(C)C4C=CC=CC34)c3cc4c(cc3C[C@H]2C1=O)OCO4.